The van der Waals surface area contributed by atoms with Gasteiger partial charge in [-0.1, -0.05) is 46.3 Å². The van der Waals surface area contributed by atoms with Gasteiger partial charge >= 0.3 is 18.2 Å². The predicted molar refractivity (Wildman–Crippen MR) is 199 cm³/mol. The van der Waals surface area contributed by atoms with Gasteiger partial charge < -0.3 is 45.1 Å². The Kier molecular flexibility index (Phi) is 15.0. The second-order valence-corrected chi connectivity index (χ2v) is 14.5. The van der Waals surface area contributed by atoms with E-state index in [2.05, 4.69) is 53.8 Å². The Hall–Kier alpha value is -5.63. The smallest absolute Gasteiger partial charge is 0.468 e. The number of hydrogen-bond acceptors (Lipinski definition) is 11. The Morgan fingerprint density at radius 3 is 2.36 bits per heavy atom. The lowest BCUT2D eigenvalue weighted by molar-refractivity contribution is -0.141. The molecule has 0 aromatic heterocycles. The summed E-state index contributed by atoms with van der Waals surface area (Å²) >= 11 is 3.40. The van der Waals surface area contributed by atoms with E-state index in [0.29, 0.717) is 18.4 Å². The van der Waals surface area contributed by atoms with Gasteiger partial charge in [-0.15, -0.1) is 11.8 Å². The van der Waals surface area contributed by atoms with E-state index in [1.165, 1.54) is 17.0 Å². The van der Waals surface area contributed by atoms with Crippen molar-refractivity contribution < 1.29 is 52.5 Å². The van der Waals surface area contributed by atoms with Gasteiger partial charge in [-0.2, -0.15) is 0 Å². The van der Waals surface area contributed by atoms with Crippen molar-refractivity contribution in [3.8, 4) is 17.6 Å². The number of nitrogens with one attached hydrogen (secondary N) is 4. The van der Waals surface area contributed by atoms with Crippen molar-refractivity contribution in [1.82, 2.24) is 26.2 Å². The molecule has 0 unspecified atom stereocenters. The highest BCUT2D eigenvalue weighted by Gasteiger charge is 2.39. The summed E-state index contributed by atoms with van der Waals surface area (Å²) in [5.74, 6) is 2.37. The average Bonchev–Trinajstić information content (AvgIpc) is 3.63. The number of alkyl carbamates (subject to hydrolysis) is 1. The molecule has 4 rings (SSSR count). The van der Waals surface area contributed by atoms with Crippen LogP contribution in [0.1, 0.15) is 57.6 Å². The summed E-state index contributed by atoms with van der Waals surface area (Å²) in [4.78, 5) is 92.8. The van der Waals surface area contributed by atoms with E-state index in [9.17, 15) is 33.6 Å². The quantitative estimate of drug-likeness (QED) is 0.125. The van der Waals surface area contributed by atoms with Crippen molar-refractivity contribution in [2.45, 2.75) is 89.3 Å². The molecular weight excluding hydrogens is 782 g/mol. The number of halogens is 1. The van der Waals surface area contributed by atoms with Gasteiger partial charge in [-0.05, 0) is 57.4 Å². The molecule has 2 heterocycles. The summed E-state index contributed by atoms with van der Waals surface area (Å²) < 4.78 is 21.2. The number of nitrogens with zero attached hydrogens (tertiary/aromatic N) is 1. The minimum atomic E-state index is -1.29. The van der Waals surface area contributed by atoms with Gasteiger partial charge in [0.15, 0.2) is 0 Å². The summed E-state index contributed by atoms with van der Waals surface area (Å²) in [6, 6.07) is 8.70. The van der Waals surface area contributed by atoms with E-state index in [-0.39, 0.29) is 38.2 Å². The topological polar surface area (TPSA) is 208 Å². The number of methoxy groups -OCH3 is 1. The first-order chi connectivity index (χ1) is 26.1. The van der Waals surface area contributed by atoms with Crippen molar-refractivity contribution in [2.24, 2.45) is 0 Å². The largest absolute Gasteiger partial charge is 0.514 e. The zero-order chi connectivity index (χ0) is 40.1. The third-order valence-corrected chi connectivity index (χ3v) is 9.11. The summed E-state index contributed by atoms with van der Waals surface area (Å²) in [6.45, 7) is 4.74. The van der Waals surface area contributed by atoms with Crippen LogP contribution in [-0.2, 0) is 51.2 Å². The van der Waals surface area contributed by atoms with Gasteiger partial charge in [0.2, 0.25) is 23.6 Å². The van der Waals surface area contributed by atoms with Crippen molar-refractivity contribution >= 4 is 57.8 Å². The fraction of sp³-hybridized carbons (Fsp3) is 0.447. The molecule has 0 aliphatic carbocycles. The molecule has 4 N–H and O–H groups in total. The molecule has 4 atom stereocenters. The van der Waals surface area contributed by atoms with Gasteiger partial charge in [0.05, 0.1) is 7.11 Å². The van der Waals surface area contributed by atoms with Crippen LogP contribution in [0.25, 0.3) is 0 Å². The summed E-state index contributed by atoms with van der Waals surface area (Å²) in [5.41, 5.74) is 0.437. The molecule has 2 aromatic rings. The van der Waals surface area contributed by atoms with Crippen LogP contribution in [0.3, 0.4) is 0 Å². The second kappa shape index (κ2) is 19.6. The molecule has 0 spiro atoms. The fourth-order valence-corrected chi connectivity index (χ4v) is 6.02. The number of benzene rings is 2. The van der Waals surface area contributed by atoms with Crippen molar-refractivity contribution in [2.75, 3.05) is 20.2 Å². The standard InChI is InChI=1S/C38H44BrN5O11/c1-38(2,3)55-36(50)43-28-13-8-7-12-27(32(46)40-21-31(45)52-4)41-33(47)29(42-34(48)30-14-9-19-44(30)35(28)49)20-23-15-17-25(18-16-23)54-37(51)53-22-24-10-5-6-11-26(24)39/h5-6,10-11,15-18,27-30H,9,12-14,19-22H2,1-4H3,(H,40,46)(H,41,47)(H,42,48)(H,43,50)/t27-,28-,29-,30-/m0/s1. The van der Waals surface area contributed by atoms with E-state index < -0.39 is 78.2 Å². The van der Waals surface area contributed by atoms with Crippen molar-refractivity contribution in [3.63, 3.8) is 0 Å². The molecule has 17 heteroatoms. The normalized spacial score (nSPS) is 20.2. The summed E-state index contributed by atoms with van der Waals surface area (Å²) in [5, 5.41) is 10.3. The minimum Gasteiger partial charge on any atom is -0.468 e. The van der Waals surface area contributed by atoms with E-state index >= 15 is 0 Å². The third-order valence-electron chi connectivity index (χ3n) is 8.33. The summed E-state index contributed by atoms with van der Waals surface area (Å²) in [7, 11) is 1.15. The number of hydrogen-bond donors (Lipinski definition) is 4. The number of amides is 5. The van der Waals surface area contributed by atoms with Gasteiger partial charge in [0.1, 0.15) is 48.7 Å². The van der Waals surface area contributed by atoms with Crippen LogP contribution in [-0.4, -0.2) is 96.7 Å². The Balaban J connectivity index is 1.56. The van der Waals surface area contributed by atoms with Gasteiger partial charge in [-0.25, -0.2) is 9.59 Å². The highest BCUT2D eigenvalue weighted by molar-refractivity contribution is 9.10. The lowest BCUT2D eigenvalue weighted by atomic mass is 10.0. The van der Waals surface area contributed by atoms with Crippen LogP contribution >= 0.6 is 15.9 Å². The van der Waals surface area contributed by atoms with E-state index in [1.807, 2.05) is 12.1 Å². The first-order valence-corrected chi connectivity index (χ1v) is 18.3. The van der Waals surface area contributed by atoms with E-state index in [1.54, 1.807) is 45.0 Å². The predicted octanol–water partition coefficient (Wildman–Crippen LogP) is 2.65. The van der Waals surface area contributed by atoms with Crippen LogP contribution in [0.15, 0.2) is 53.0 Å². The third kappa shape index (κ3) is 13.0. The van der Waals surface area contributed by atoms with Crippen LogP contribution in [0.5, 0.6) is 5.75 Å². The number of carbonyl (C=O) groups excluding carboxylic acids is 7. The summed E-state index contributed by atoms with van der Waals surface area (Å²) in [6.07, 6.45) is -1.51. The monoisotopic (exact) mass is 825 g/mol. The maximum absolute atomic E-state index is 13.8. The molecule has 1 saturated heterocycles. The highest BCUT2D eigenvalue weighted by Crippen LogP contribution is 2.22. The molecule has 0 radical (unpaired) electrons. The average molecular weight is 827 g/mol. The van der Waals surface area contributed by atoms with Crippen LogP contribution in [0, 0.1) is 11.8 Å². The fourth-order valence-electron chi connectivity index (χ4n) is 5.62. The lowest BCUT2D eigenvalue weighted by Crippen LogP contribution is -2.58. The number of carbonyl (C=O) groups is 7. The molecule has 2 aromatic carbocycles. The number of ether oxygens (including phenoxy) is 4. The maximum atomic E-state index is 13.8. The zero-order valence-corrected chi connectivity index (χ0v) is 32.5. The van der Waals surface area contributed by atoms with Crippen molar-refractivity contribution in [1.29, 1.82) is 0 Å². The molecule has 16 nitrogen and oxygen atoms in total. The SMILES string of the molecule is COC(=O)CNC(=O)[C@@H]1CC#CC[C@H](NC(=O)OC(C)(C)C)C(=O)N2CCC[C@H]2C(=O)N[C@@H](Cc2ccc(OC(=O)OCc3ccccc3Br)cc2)C(=O)N1. The Morgan fingerprint density at radius 1 is 0.964 bits per heavy atom. The first kappa shape index (κ1) is 42.1. The Labute approximate surface area is 326 Å². The molecule has 0 bridgehead atoms. The van der Waals surface area contributed by atoms with Gasteiger partial charge in [-0.3, -0.25) is 24.0 Å². The van der Waals surface area contributed by atoms with E-state index in [4.69, 9.17) is 14.2 Å². The molecule has 1 fully saturated rings. The molecule has 2 aliphatic heterocycles. The number of esters is 1. The zero-order valence-electron chi connectivity index (χ0n) is 30.9. The number of fused-ring (bicyclic) bond motifs is 1. The van der Waals surface area contributed by atoms with Crippen molar-refractivity contribution in [3.05, 3.63) is 64.1 Å². The molecule has 294 valence electrons. The first-order valence-electron chi connectivity index (χ1n) is 17.5. The lowest BCUT2D eigenvalue weighted by Gasteiger charge is -2.30. The number of rotatable bonds is 9. The molecule has 2 aliphatic rings. The van der Waals surface area contributed by atoms with E-state index in [0.717, 1.165) is 17.1 Å². The maximum Gasteiger partial charge on any atom is 0.514 e. The van der Waals surface area contributed by atoms with Gasteiger partial charge in [0.25, 0.3) is 0 Å². The van der Waals surface area contributed by atoms with Crippen LogP contribution in [0.2, 0.25) is 0 Å². The Morgan fingerprint density at radius 2 is 1.67 bits per heavy atom. The van der Waals surface area contributed by atoms with Crippen LogP contribution < -0.4 is 26.0 Å². The molecule has 55 heavy (non-hydrogen) atoms. The van der Waals surface area contributed by atoms with Crippen LogP contribution in [0.4, 0.5) is 9.59 Å². The second-order valence-electron chi connectivity index (χ2n) is 13.6. The molecular formula is C38H44BrN5O11. The van der Waals surface area contributed by atoms with Gasteiger partial charge in [0, 0.05) is 35.8 Å². The Bertz CT molecular complexity index is 1820. The molecule has 5 amide bonds. The highest BCUT2D eigenvalue weighted by atomic mass is 79.9. The minimum absolute atomic E-state index is 0.0208. The molecule has 0 saturated carbocycles.